The second-order valence-corrected chi connectivity index (χ2v) is 5.76. The van der Waals surface area contributed by atoms with Crippen molar-refractivity contribution in [2.75, 3.05) is 11.4 Å². The van der Waals surface area contributed by atoms with Crippen molar-refractivity contribution in [2.24, 2.45) is 5.73 Å². The van der Waals surface area contributed by atoms with Gasteiger partial charge >= 0.3 is 0 Å². The molecule has 1 aliphatic heterocycles. The average molecular weight is 276 g/mol. The highest BCUT2D eigenvalue weighted by Gasteiger charge is 2.32. The standard InChI is InChI=1S/C16H24N2O2/c1-5-13(17)9-18-14-8-12(10(2)3)6-7-15(14)20-11(4)16(18)19/h6-8,10-11,13H,5,9,17H2,1-4H3. The van der Waals surface area contributed by atoms with E-state index in [2.05, 4.69) is 19.9 Å². The predicted octanol–water partition coefficient (Wildman–Crippen LogP) is 2.66. The van der Waals surface area contributed by atoms with E-state index in [1.54, 1.807) is 11.8 Å². The highest BCUT2D eigenvalue weighted by molar-refractivity contribution is 6.00. The van der Waals surface area contributed by atoms with Crippen molar-refractivity contribution in [3.8, 4) is 5.75 Å². The Morgan fingerprint density at radius 2 is 2.10 bits per heavy atom. The van der Waals surface area contributed by atoms with Crippen LogP contribution in [0.15, 0.2) is 18.2 Å². The van der Waals surface area contributed by atoms with E-state index < -0.39 is 6.10 Å². The van der Waals surface area contributed by atoms with Crippen LogP contribution in [0.25, 0.3) is 0 Å². The minimum Gasteiger partial charge on any atom is -0.479 e. The van der Waals surface area contributed by atoms with E-state index in [1.807, 2.05) is 19.1 Å². The molecule has 2 N–H and O–H groups in total. The summed E-state index contributed by atoms with van der Waals surface area (Å²) in [6.45, 7) is 8.63. The number of anilines is 1. The molecule has 4 nitrogen and oxygen atoms in total. The summed E-state index contributed by atoms with van der Waals surface area (Å²) >= 11 is 0. The van der Waals surface area contributed by atoms with Gasteiger partial charge in [-0.25, -0.2) is 0 Å². The number of hydrogen-bond donors (Lipinski definition) is 1. The van der Waals surface area contributed by atoms with Crippen molar-refractivity contribution >= 4 is 11.6 Å². The van der Waals surface area contributed by atoms with Gasteiger partial charge in [-0.1, -0.05) is 26.8 Å². The van der Waals surface area contributed by atoms with Gasteiger partial charge in [0.05, 0.1) is 5.69 Å². The molecule has 2 unspecified atom stereocenters. The van der Waals surface area contributed by atoms with Crippen molar-refractivity contribution in [1.82, 2.24) is 0 Å². The van der Waals surface area contributed by atoms with Gasteiger partial charge in [0.2, 0.25) is 0 Å². The third kappa shape index (κ3) is 2.80. The van der Waals surface area contributed by atoms with Crippen LogP contribution in [0.1, 0.15) is 45.6 Å². The van der Waals surface area contributed by atoms with Crippen molar-refractivity contribution in [1.29, 1.82) is 0 Å². The molecule has 2 atom stereocenters. The summed E-state index contributed by atoms with van der Waals surface area (Å²) in [7, 11) is 0. The number of amides is 1. The number of nitrogens with zero attached hydrogens (tertiary/aromatic N) is 1. The third-order valence-electron chi connectivity index (χ3n) is 3.80. The summed E-state index contributed by atoms with van der Waals surface area (Å²) in [6.07, 6.45) is 0.398. The number of nitrogens with two attached hydrogens (primary N) is 1. The van der Waals surface area contributed by atoms with Crippen LogP contribution in [0.5, 0.6) is 5.75 Å². The van der Waals surface area contributed by atoms with Crippen LogP contribution in [0, 0.1) is 0 Å². The molecule has 0 bridgehead atoms. The highest BCUT2D eigenvalue weighted by atomic mass is 16.5. The lowest BCUT2D eigenvalue weighted by Gasteiger charge is -2.35. The second kappa shape index (κ2) is 5.83. The lowest BCUT2D eigenvalue weighted by Crippen LogP contribution is -2.49. The number of carbonyl (C=O) groups excluding carboxylic acids is 1. The molecule has 0 aromatic heterocycles. The molecular formula is C16H24N2O2. The van der Waals surface area contributed by atoms with Crippen molar-refractivity contribution in [2.45, 2.75) is 52.2 Å². The molecule has 0 fully saturated rings. The number of rotatable bonds is 4. The fraction of sp³-hybridized carbons (Fsp3) is 0.562. The van der Waals surface area contributed by atoms with Gasteiger partial charge in [-0.2, -0.15) is 0 Å². The fourth-order valence-electron chi connectivity index (χ4n) is 2.34. The summed E-state index contributed by atoms with van der Waals surface area (Å²) in [5, 5.41) is 0. The van der Waals surface area contributed by atoms with Gasteiger partial charge in [-0.15, -0.1) is 0 Å². The van der Waals surface area contributed by atoms with Crippen LogP contribution >= 0.6 is 0 Å². The van der Waals surface area contributed by atoms with E-state index in [-0.39, 0.29) is 11.9 Å². The Kier molecular flexibility index (Phi) is 4.33. The van der Waals surface area contributed by atoms with Gasteiger partial charge in [0.1, 0.15) is 5.75 Å². The summed E-state index contributed by atoms with van der Waals surface area (Å²) in [5.41, 5.74) is 8.08. The van der Waals surface area contributed by atoms with E-state index in [0.29, 0.717) is 12.5 Å². The maximum absolute atomic E-state index is 12.4. The van der Waals surface area contributed by atoms with E-state index in [0.717, 1.165) is 17.9 Å². The molecule has 1 amide bonds. The Bertz CT molecular complexity index is 499. The van der Waals surface area contributed by atoms with Crippen molar-refractivity contribution in [3.05, 3.63) is 23.8 Å². The first-order chi connectivity index (χ1) is 9.43. The maximum atomic E-state index is 12.4. The molecule has 20 heavy (non-hydrogen) atoms. The topological polar surface area (TPSA) is 55.6 Å². The molecule has 1 heterocycles. The van der Waals surface area contributed by atoms with Crippen LogP contribution in [0.4, 0.5) is 5.69 Å². The molecule has 0 spiro atoms. The zero-order valence-corrected chi connectivity index (χ0v) is 12.7. The van der Waals surface area contributed by atoms with Gasteiger partial charge in [-0.3, -0.25) is 4.79 Å². The minimum absolute atomic E-state index is 0.0118. The molecule has 1 aromatic carbocycles. The Labute approximate surface area is 120 Å². The number of carbonyl (C=O) groups is 1. The molecule has 0 saturated carbocycles. The molecule has 110 valence electrons. The highest BCUT2D eigenvalue weighted by Crippen LogP contribution is 2.36. The van der Waals surface area contributed by atoms with Crippen LogP contribution < -0.4 is 15.4 Å². The van der Waals surface area contributed by atoms with Crippen LogP contribution in [-0.2, 0) is 4.79 Å². The quantitative estimate of drug-likeness (QED) is 0.920. The molecular weight excluding hydrogens is 252 g/mol. The Hall–Kier alpha value is -1.55. The van der Waals surface area contributed by atoms with Gasteiger partial charge in [0.15, 0.2) is 6.10 Å². The molecule has 2 rings (SSSR count). The number of hydrogen-bond acceptors (Lipinski definition) is 3. The first-order valence-electron chi connectivity index (χ1n) is 7.31. The third-order valence-corrected chi connectivity index (χ3v) is 3.80. The Balaban J connectivity index is 2.41. The van der Waals surface area contributed by atoms with Crippen LogP contribution in [0.2, 0.25) is 0 Å². The predicted molar refractivity (Wildman–Crippen MR) is 81.2 cm³/mol. The van der Waals surface area contributed by atoms with Crippen LogP contribution in [0.3, 0.4) is 0 Å². The van der Waals surface area contributed by atoms with Gasteiger partial charge < -0.3 is 15.4 Å². The zero-order valence-electron chi connectivity index (χ0n) is 12.7. The fourth-order valence-corrected chi connectivity index (χ4v) is 2.34. The van der Waals surface area contributed by atoms with Crippen molar-refractivity contribution in [3.63, 3.8) is 0 Å². The molecule has 0 aliphatic carbocycles. The van der Waals surface area contributed by atoms with Gasteiger partial charge in [0.25, 0.3) is 5.91 Å². The first kappa shape index (κ1) is 14.9. The van der Waals surface area contributed by atoms with E-state index in [9.17, 15) is 4.79 Å². The smallest absolute Gasteiger partial charge is 0.267 e. The average Bonchev–Trinajstić information content (AvgIpc) is 2.43. The summed E-state index contributed by atoms with van der Waals surface area (Å²) in [4.78, 5) is 14.1. The number of fused-ring (bicyclic) bond motifs is 1. The summed E-state index contributed by atoms with van der Waals surface area (Å²) in [6, 6.07) is 6.05. The molecule has 4 heteroatoms. The molecule has 1 aliphatic rings. The van der Waals surface area contributed by atoms with E-state index in [4.69, 9.17) is 10.5 Å². The van der Waals surface area contributed by atoms with Gasteiger partial charge in [-0.05, 0) is 37.0 Å². The normalized spacial score (nSPS) is 19.8. The molecule has 0 saturated heterocycles. The maximum Gasteiger partial charge on any atom is 0.267 e. The lowest BCUT2D eigenvalue weighted by molar-refractivity contribution is -0.125. The van der Waals surface area contributed by atoms with E-state index >= 15 is 0 Å². The van der Waals surface area contributed by atoms with E-state index in [1.165, 1.54) is 5.56 Å². The SMILES string of the molecule is CCC(N)CN1C(=O)C(C)Oc2ccc(C(C)C)cc21. The Morgan fingerprint density at radius 3 is 2.70 bits per heavy atom. The Morgan fingerprint density at radius 1 is 1.40 bits per heavy atom. The number of ether oxygens (including phenoxy) is 1. The second-order valence-electron chi connectivity index (χ2n) is 5.76. The lowest BCUT2D eigenvalue weighted by atomic mass is 10.0. The largest absolute Gasteiger partial charge is 0.479 e. The monoisotopic (exact) mass is 276 g/mol. The van der Waals surface area contributed by atoms with Crippen molar-refractivity contribution < 1.29 is 9.53 Å². The minimum atomic E-state index is -0.448. The van der Waals surface area contributed by atoms with Crippen LogP contribution in [-0.4, -0.2) is 24.6 Å². The van der Waals surface area contributed by atoms with Gasteiger partial charge in [0, 0.05) is 12.6 Å². The first-order valence-corrected chi connectivity index (χ1v) is 7.31. The molecule has 1 aromatic rings. The summed E-state index contributed by atoms with van der Waals surface area (Å²) in [5.74, 6) is 1.17. The summed E-state index contributed by atoms with van der Waals surface area (Å²) < 4.78 is 5.69. The molecule has 0 radical (unpaired) electrons. The number of benzene rings is 1. The zero-order chi connectivity index (χ0) is 14.9.